The van der Waals surface area contributed by atoms with Crippen LogP contribution in [0, 0.1) is 0 Å². The number of hydrazone groups is 1. The molecule has 10 heteroatoms. The van der Waals surface area contributed by atoms with E-state index in [-0.39, 0.29) is 23.7 Å². The average Bonchev–Trinajstić information content (AvgIpc) is 3.02. The Morgan fingerprint density at radius 3 is 2.64 bits per heavy atom. The first kappa shape index (κ1) is 19.4. The van der Waals surface area contributed by atoms with E-state index in [9.17, 15) is 14.7 Å². The third kappa shape index (κ3) is 3.67. The Labute approximate surface area is 160 Å². The Bertz CT molecular complexity index is 1140. The number of aliphatic hydroxyl groups is 1. The molecule has 28 heavy (non-hydrogen) atoms. The Morgan fingerprint density at radius 1 is 1.36 bits per heavy atom. The van der Waals surface area contributed by atoms with Crippen LogP contribution in [-0.2, 0) is 13.6 Å². The number of nitrogens with one attached hydrogen (secondary N) is 2. The molecule has 0 aliphatic carbocycles. The molecule has 0 bridgehead atoms. The molecule has 0 amide bonds. The maximum atomic E-state index is 12.3. The third-order valence-electron chi connectivity index (χ3n) is 4.29. The highest BCUT2D eigenvalue weighted by atomic mass is 16.5. The normalized spacial score (nSPS) is 13.0. The molecule has 1 aromatic carbocycles. The molecule has 0 unspecified atom stereocenters. The predicted molar refractivity (Wildman–Crippen MR) is 106 cm³/mol. The molecule has 3 N–H and O–H groups in total. The van der Waals surface area contributed by atoms with Gasteiger partial charge in [-0.3, -0.25) is 14.3 Å². The summed E-state index contributed by atoms with van der Waals surface area (Å²) < 4.78 is 7.88. The fourth-order valence-electron chi connectivity index (χ4n) is 2.79. The highest BCUT2D eigenvalue weighted by molar-refractivity contribution is 5.99. The maximum absolute atomic E-state index is 12.3. The zero-order chi connectivity index (χ0) is 20.4. The van der Waals surface area contributed by atoms with E-state index in [1.165, 1.54) is 16.2 Å². The maximum Gasteiger partial charge on any atom is 0.329 e. The molecule has 1 atom stereocenters. The number of aromatic amines is 1. The van der Waals surface area contributed by atoms with Crippen LogP contribution in [0.4, 0.5) is 5.95 Å². The quantitative estimate of drug-likeness (QED) is 0.422. The number of ether oxygens (including phenoxy) is 1. The van der Waals surface area contributed by atoms with Gasteiger partial charge in [-0.1, -0.05) is 0 Å². The van der Waals surface area contributed by atoms with Crippen molar-refractivity contribution in [1.82, 2.24) is 19.1 Å². The molecule has 148 valence electrons. The number of fused-ring (bicyclic) bond motifs is 1. The minimum absolute atomic E-state index is 0.108. The Kier molecular flexibility index (Phi) is 5.32. The summed E-state index contributed by atoms with van der Waals surface area (Å²) in [5.74, 6) is 0.985. The summed E-state index contributed by atoms with van der Waals surface area (Å²) in [5.41, 5.74) is 3.64. The molecule has 3 rings (SSSR count). The van der Waals surface area contributed by atoms with E-state index in [0.717, 1.165) is 11.3 Å². The third-order valence-corrected chi connectivity index (χ3v) is 4.29. The SMILES string of the molecule is COc1ccc(/C(C)=N\Nc2nc3c(c(=O)[nH]c(=O)n3C)n2C[C@H](C)O)cc1. The molecule has 0 aliphatic heterocycles. The first-order chi connectivity index (χ1) is 13.3. The van der Waals surface area contributed by atoms with E-state index in [4.69, 9.17) is 4.74 Å². The lowest BCUT2D eigenvalue weighted by atomic mass is 10.1. The largest absolute Gasteiger partial charge is 0.497 e. The van der Waals surface area contributed by atoms with Crippen LogP contribution in [0.1, 0.15) is 19.4 Å². The van der Waals surface area contributed by atoms with Gasteiger partial charge in [0.2, 0.25) is 5.95 Å². The minimum atomic E-state index is -0.735. The van der Waals surface area contributed by atoms with Gasteiger partial charge >= 0.3 is 5.69 Å². The van der Waals surface area contributed by atoms with Gasteiger partial charge in [-0.15, -0.1) is 0 Å². The van der Waals surface area contributed by atoms with Crippen molar-refractivity contribution in [3.8, 4) is 5.75 Å². The van der Waals surface area contributed by atoms with E-state index in [1.807, 2.05) is 31.2 Å². The molecule has 3 aromatic rings. The first-order valence-corrected chi connectivity index (χ1v) is 8.64. The van der Waals surface area contributed by atoms with E-state index < -0.39 is 17.4 Å². The first-order valence-electron chi connectivity index (χ1n) is 8.64. The molecule has 2 aromatic heterocycles. The molecule has 0 spiro atoms. The Morgan fingerprint density at radius 2 is 2.04 bits per heavy atom. The van der Waals surface area contributed by atoms with Crippen molar-refractivity contribution >= 4 is 22.8 Å². The molecular formula is C18H22N6O4. The predicted octanol–water partition coefficient (Wildman–Crippen LogP) is 0.649. The number of hydrogen-bond donors (Lipinski definition) is 3. The Hall–Kier alpha value is -3.40. The topological polar surface area (TPSA) is 127 Å². The lowest BCUT2D eigenvalue weighted by molar-refractivity contribution is 0.175. The van der Waals surface area contributed by atoms with Gasteiger partial charge in [-0.05, 0) is 43.7 Å². The second kappa shape index (κ2) is 7.69. The number of H-pyrrole nitrogens is 1. The zero-order valence-corrected chi connectivity index (χ0v) is 16.1. The van der Waals surface area contributed by atoms with E-state index in [1.54, 1.807) is 14.0 Å². The summed E-state index contributed by atoms with van der Waals surface area (Å²) >= 11 is 0. The van der Waals surface area contributed by atoms with Gasteiger partial charge in [-0.25, -0.2) is 10.2 Å². The van der Waals surface area contributed by atoms with E-state index >= 15 is 0 Å². The van der Waals surface area contributed by atoms with Gasteiger partial charge in [0, 0.05) is 7.05 Å². The summed E-state index contributed by atoms with van der Waals surface area (Å²) in [5, 5.41) is 14.1. The van der Waals surface area contributed by atoms with Gasteiger partial charge in [0.1, 0.15) is 5.75 Å². The van der Waals surface area contributed by atoms with Gasteiger partial charge in [0.05, 0.1) is 25.5 Å². The fourth-order valence-corrected chi connectivity index (χ4v) is 2.79. The second-order valence-corrected chi connectivity index (χ2v) is 6.42. The van der Waals surface area contributed by atoms with Crippen LogP contribution in [0.15, 0.2) is 39.0 Å². The fraction of sp³-hybridized carbons (Fsp3) is 0.333. The van der Waals surface area contributed by atoms with Crippen LogP contribution in [0.2, 0.25) is 0 Å². The number of aliphatic hydroxyl groups excluding tert-OH is 1. The molecule has 0 aliphatic rings. The lowest BCUT2D eigenvalue weighted by Crippen LogP contribution is -2.29. The molecule has 0 radical (unpaired) electrons. The highest BCUT2D eigenvalue weighted by Crippen LogP contribution is 2.17. The lowest BCUT2D eigenvalue weighted by Gasteiger charge is -2.10. The summed E-state index contributed by atoms with van der Waals surface area (Å²) in [6, 6.07) is 7.39. The molecule has 10 nitrogen and oxygen atoms in total. The number of rotatable bonds is 6. The monoisotopic (exact) mass is 386 g/mol. The average molecular weight is 386 g/mol. The molecular weight excluding hydrogens is 364 g/mol. The standard InChI is InChI=1S/C18H22N6O4/c1-10(25)9-24-14-15(23(3)18(27)20-16(14)26)19-17(24)22-21-11(2)12-5-7-13(28-4)8-6-12/h5-8,10,25H,9H2,1-4H3,(H,19,22)(H,20,26,27)/b21-11-/t10-/m0/s1. The number of anilines is 1. The minimum Gasteiger partial charge on any atom is -0.497 e. The number of aromatic nitrogens is 4. The van der Waals surface area contributed by atoms with Crippen LogP contribution in [0.5, 0.6) is 5.75 Å². The van der Waals surface area contributed by atoms with Crippen molar-refractivity contribution in [3.05, 3.63) is 50.7 Å². The highest BCUT2D eigenvalue weighted by Gasteiger charge is 2.18. The van der Waals surface area contributed by atoms with Crippen molar-refractivity contribution in [3.63, 3.8) is 0 Å². The van der Waals surface area contributed by atoms with Crippen molar-refractivity contribution in [2.45, 2.75) is 26.5 Å². The van der Waals surface area contributed by atoms with Crippen molar-refractivity contribution in [1.29, 1.82) is 0 Å². The van der Waals surface area contributed by atoms with Gasteiger partial charge in [-0.2, -0.15) is 10.1 Å². The Balaban J connectivity index is 2.04. The number of benzene rings is 1. The van der Waals surface area contributed by atoms with Gasteiger partial charge < -0.3 is 14.4 Å². The van der Waals surface area contributed by atoms with E-state index in [2.05, 4.69) is 20.5 Å². The molecule has 0 fully saturated rings. The number of methoxy groups -OCH3 is 1. The van der Waals surface area contributed by atoms with Crippen LogP contribution < -0.4 is 21.4 Å². The van der Waals surface area contributed by atoms with Crippen LogP contribution in [-0.4, -0.2) is 43.1 Å². The second-order valence-electron chi connectivity index (χ2n) is 6.42. The number of hydrogen-bond acceptors (Lipinski definition) is 7. The smallest absolute Gasteiger partial charge is 0.329 e. The number of aryl methyl sites for hydroxylation is 1. The van der Waals surface area contributed by atoms with Crippen molar-refractivity contribution in [2.75, 3.05) is 12.5 Å². The van der Waals surface area contributed by atoms with Crippen LogP contribution in [0.25, 0.3) is 11.2 Å². The van der Waals surface area contributed by atoms with E-state index in [0.29, 0.717) is 5.71 Å². The van der Waals surface area contributed by atoms with Crippen molar-refractivity contribution in [2.24, 2.45) is 12.1 Å². The number of nitrogens with zero attached hydrogens (tertiary/aromatic N) is 4. The van der Waals surface area contributed by atoms with Crippen LogP contribution >= 0.6 is 0 Å². The molecule has 0 saturated heterocycles. The summed E-state index contributed by atoms with van der Waals surface area (Å²) in [7, 11) is 3.11. The van der Waals surface area contributed by atoms with Crippen molar-refractivity contribution < 1.29 is 9.84 Å². The van der Waals surface area contributed by atoms with Gasteiger partial charge in [0.15, 0.2) is 11.2 Å². The van der Waals surface area contributed by atoms with Crippen LogP contribution in [0.3, 0.4) is 0 Å². The molecule has 2 heterocycles. The summed E-state index contributed by atoms with van der Waals surface area (Å²) in [6.07, 6.45) is -0.735. The molecule has 0 saturated carbocycles. The van der Waals surface area contributed by atoms with Gasteiger partial charge in [0.25, 0.3) is 5.56 Å². The zero-order valence-electron chi connectivity index (χ0n) is 16.1. The summed E-state index contributed by atoms with van der Waals surface area (Å²) in [4.78, 5) is 30.7. The number of imidazole rings is 1. The summed E-state index contributed by atoms with van der Waals surface area (Å²) in [6.45, 7) is 3.52.